The quantitative estimate of drug-likeness (QED) is 0.816. The Morgan fingerprint density at radius 2 is 2.31 bits per heavy atom. The molecule has 0 aromatic carbocycles. The van der Waals surface area contributed by atoms with Crippen LogP contribution in [0.4, 0.5) is 5.82 Å². The smallest absolute Gasteiger partial charge is 0.132 e. The summed E-state index contributed by atoms with van der Waals surface area (Å²) in [6.07, 6.45) is 3.31. The van der Waals surface area contributed by atoms with Gasteiger partial charge in [0.2, 0.25) is 0 Å². The van der Waals surface area contributed by atoms with Gasteiger partial charge < -0.3 is 10.0 Å². The first-order valence-electron chi connectivity index (χ1n) is 5.94. The minimum Gasteiger partial charge on any atom is -0.391 e. The topological polar surface area (TPSA) is 49.2 Å². The molecule has 1 aromatic rings. The highest BCUT2D eigenvalue weighted by Gasteiger charge is 2.24. The molecule has 2 heterocycles. The molecule has 1 N–H and O–H groups in total. The molecule has 0 saturated carbocycles. The molecule has 16 heavy (non-hydrogen) atoms. The first-order valence-corrected chi connectivity index (χ1v) is 5.94. The molecule has 1 fully saturated rings. The molecule has 4 nitrogen and oxygen atoms in total. The predicted molar refractivity (Wildman–Crippen MR) is 63.4 cm³/mol. The molecular weight excluding hydrogens is 202 g/mol. The number of aliphatic hydroxyl groups excluding tert-OH is 1. The van der Waals surface area contributed by atoms with Crippen molar-refractivity contribution in [1.29, 1.82) is 0 Å². The molecule has 1 aliphatic heterocycles. The largest absolute Gasteiger partial charge is 0.391 e. The fourth-order valence-corrected chi connectivity index (χ4v) is 2.01. The zero-order valence-corrected chi connectivity index (χ0v) is 9.93. The number of hydrogen-bond donors (Lipinski definition) is 1. The van der Waals surface area contributed by atoms with Gasteiger partial charge in [-0.2, -0.15) is 0 Å². The Balaban J connectivity index is 2.12. The maximum atomic E-state index is 9.85. The van der Waals surface area contributed by atoms with Crippen LogP contribution in [-0.2, 0) is 6.42 Å². The molecule has 0 bridgehead atoms. The SMILES string of the molecule is CCc1cc(N2CCC(C)C(O)C2)ncn1. The third-order valence-corrected chi connectivity index (χ3v) is 3.31. The summed E-state index contributed by atoms with van der Waals surface area (Å²) in [6.45, 7) is 5.83. The minimum absolute atomic E-state index is 0.242. The van der Waals surface area contributed by atoms with Crippen molar-refractivity contribution in [2.45, 2.75) is 32.8 Å². The minimum atomic E-state index is -0.242. The predicted octanol–water partition coefficient (Wildman–Crippen LogP) is 1.25. The molecule has 0 amide bonds. The molecule has 4 heteroatoms. The van der Waals surface area contributed by atoms with E-state index in [1.54, 1.807) is 6.33 Å². The van der Waals surface area contributed by atoms with Crippen LogP contribution < -0.4 is 4.90 Å². The Kier molecular flexibility index (Phi) is 3.39. The van der Waals surface area contributed by atoms with Gasteiger partial charge in [-0.1, -0.05) is 13.8 Å². The Hall–Kier alpha value is -1.16. The summed E-state index contributed by atoms with van der Waals surface area (Å²) in [5.74, 6) is 1.33. The van der Waals surface area contributed by atoms with E-state index in [0.717, 1.165) is 30.9 Å². The van der Waals surface area contributed by atoms with E-state index in [9.17, 15) is 5.11 Å². The molecular formula is C12H19N3O. The number of aryl methyl sites for hydroxylation is 1. The highest BCUT2D eigenvalue weighted by Crippen LogP contribution is 2.21. The van der Waals surface area contributed by atoms with Crippen LogP contribution in [0.1, 0.15) is 26.0 Å². The van der Waals surface area contributed by atoms with Crippen molar-refractivity contribution in [3.05, 3.63) is 18.1 Å². The van der Waals surface area contributed by atoms with Crippen LogP contribution in [0.25, 0.3) is 0 Å². The molecule has 0 radical (unpaired) electrons. The summed E-state index contributed by atoms with van der Waals surface area (Å²) < 4.78 is 0. The average molecular weight is 221 g/mol. The Morgan fingerprint density at radius 3 is 3.00 bits per heavy atom. The van der Waals surface area contributed by atoms with Crippen molar-refractivity contribution >= 4 is 5.82 Å². The summed E-state index contributed by atoms with van der Waals surface area (Å²) in [5, 5.41) is 9.85. The van der Waals surface area contributed by atoms with Crippen molar-refractivity contribution in [2.24, 2.45) is 5.92 Å². The lowest BCUT2D eigenvalue weighted by molar-refractivity contribution is 0.102. The summed E-state index contributed by atoms with van der Waals surface area (Å²) in [5.41, 5.74) is 1.05. The molecule has 1 aliphatic rings. The van der Waals surface area contributed by atoms with E-state index < -0.39 is 0 Å². The number of nitrogens with zero attached hydrogens (tertiary/aromatic N) is 3. The number of aliphatic hydroxyl groups is 1. The van der Waals surface area contributed by atoms with Crippen LogP contribution in [0, 0.1) is 5.92 Å². The van der Waals surface area contributed by atoms with Crippen LogP contribution in [0.5, 0.6) is 0 Å². The van der Waals surface area contributed by atoms with Gasteiger partial charge in [0.15, 0.2) is 0 Å². The number of aromatic nitrogens is 2. The van der Waals surface area contributed by atoms with Gasteiger partial charge in [-0.15, -0.1) is 0 Å². The van der Waals surface area contributed by atoms with E-state index in [0.29, 0.717) is 12.5 Å². The third kappa shape index (κ3) is 2.32. The van der Waals surface area contributed by atoms with Crippen LogP contribution in [0.3, 0.4) is 0 Å². The van der Waals surface area contributed by atoms with Crippen LogP contribution >= 0.6 is 0 Å². The monoisotopic (exact) mass is 221 g/mol. The lowest BCUT2D eigenvalue weighted by Gasteiger charge is -2.35. The molecule has 88 valence electrons. The van der Waals surface area contributed by atoms with Gasteiger partial charge in [-0.25, -0.2) is 9.97 Å². The maximum Gasteiger partial charge on any atom is 0.132 e. The van der Waals surface area contributed by atoms with E-state index in [-0.39, 0.29) is 6.10 Å². The molecule has 0 aliphatic carbocycles. The third-order valence-electron chi connectivity index (χ3n) is 3.31. The van der Waals surface area contributed by atoms with E-state index in [2.05, 4.69) is 28.7 Å². The van der Waals surface area contributed by atoms with E-state index >= 15 is 0 Å². The first-order chi connectivity index (χ1) is 7.70. The molecule has 2 rings (SSSR count). The fraction of sp³-hybridized carbons (Fsp3) is 0.667. The Morgan fingerprint density at radius 1 is 1.50 bits per heavy atom. The first kappa shape index (κ1) is 11.3. The second kappa shape index (κ2) is 4.78. The van der Waals surface area contributed by atoms with Crippen molar-refractivity contribution < 1.29 is 5.11 Å². The normalized spacial score (nSPS) is 25.8. The van der Waals surface area contributed by atoms with Gasteiger partial charge in [0.25, 0.3) is 0 Å². The zero-order valence-electron chi connectivity index (χ0n) is 9.93. The summed E-state index contributed by atoms with van der Waals surface area (Å²) >= 11 is 0. The van der Waals surface area contributed by atoms with E-state index in [1.807, 2.05) is 6.07 Å². The van der Waals surface area contributed by atoms with Gasteiger partial charge in [0, 0.05) is 24.8 Å². The molecule has 1 saturated heterocycles. The van der Waals surface area contributed by atoms with E-state index in [1.165, 1.54) is 0 Å². The Labute approximate surface area is 96.3 Å². The zero-order chi connectivity index (χ0) is 11.5. The van der Waals surface area contributed by atoms with Crippen molar-refractivity contribution in [1.82, 2.24) is 9.97 Å². The standard InChI is InChI=1S/C12H19N3O/c1-3-10-6-12(14-8-13-10)15-5-4-9(2)11(16)7-15/h6,8-9,11,16H,3-5,7H2,1-2H3. The molecule has 2 atom stereocenters. The second-order valence-corrected chi connectivity index (χ2v) is 4.50. The van der Waals surface area contributed by atoms with Crippen LogP contribution in [-0.4, -0.2) is 34.3 Å². The van der Waals surface area contributed by atoms with Gasteiger partial charge >= 0.3 is 0 Å². The Bertz CT molecular complexity index is 356. The van der Waals surface area contributed by atoms with Crippen LogP contribution in [0.15, 0.2) is 12.4 Å². The number of hydrogen-bond acceptors (Lipinski definition) is 4. The highest BCUT2D eigenvalue weighted by molar-refractivity contribution is 5.39. The highest BCUT2D eigenvalue weighted by atomic mass is 16.3. The van der Waals surface area contributed by atoms with E-state index in [4.69, 9.17) is 0 Å². The molecule has 1 aromatic heterocycles. The van der Waals surface area contributed by atoms with Crippen molar-refractivity contribution in [2.75, 3.05) is 18.0 Å². The second-order valence-electron chi connectivity index (χ2n) is 4.50. The van der Waals surface area contributed by atoms with Gasteiger partial charge in [-0.05, 0) is 18.8 Å². The van der Waals surface area contributed by atoms with Gasteiger partial charge in [-0.3, -0.25) is 0 Å². The summed E-state index contributed by atoms with van der Waals surface area (Å²) in [6, 6.07) is 2.02. The van der Waals surface area contributed by atoms with Crippen molar-refractivity contribution in [3.8, 4) is 0 Å². The average Bonchev–Trinajstić information content (AvgIpc) is 2.33. The van der Waals surface area contributed by atoms with Crippen molar-refractivity contribution in [3.63, 3.8) is 0 Å². The number of rotatable bonds is 2. The maximum absolute atomic E-state index is 9.85. The lowest BCUT2D eigenvalue weighted by Crippen LogP contribution is -2.43. The molecule has 2 unspecified atom stereocenters. The summed E-state index contributed by atoms with van der Waals surface area (Å²) in [4.78, 5) is 10.6. The molecule has 0 spiro atoms. The summed E-state index contributed by atoms with van der Waals surface area (Å²) in [7, 11) is 0. The fourth-order valence-electron chi connectivity index (χ4n) is 2.01. The number of anilines is 1. The van der Waals surface area contributed by atoms with Gasteiger partial charge in [0.1, 0.15) is 12.1 Å². The van der Waals surface area contributed by atoms with Gasteiger partial charge in [0.05, 0.1) is 6.10 Å². The lowest BCUT2D eigenvalue weighted by atomic mass is 9.96. The van der Waals surface area contributed by atoms with Crippen LogP contribution in [0.2, 0.25) is 0 Å². The number of piperidine rings is 1. The number of β-amino-alcohol motifs (C(OH)–C–C–N with tert-alkyl or cyclic N) is 1.